The standard InChI is InChI=1S/C24H20N4O4/c1-13-6-5-7-15(10-13)28-22-20(14(2)26-28)21-17(12-25-22)23(29)27(24(21)30)18-11-16(31-3)8-9-19(18)32-4/h5-12H,1-4H3. The molecule has 8 heteroatoms. The number of ether oxygens (including phenoxy) is 2. The second kappa shape index (κ2) is 7.19. The van der Waals surface area contributed by atoms with Crippen LogP contribution in [-0.4, -0.2) is 40.8 Å². The van der Waals surface area contributed by atoms with Gasteiger partial charge in [0.05, 0.1) is 47.8 Å². The molecule has 0 bridgehead atoms. The highest BCUT2D eigenvalue weighted by Gasteiger charge is 2.41. The summed E-state index contributed by atoms with van der Waals surface area (Å²) in [7, 11) is 3.00. The smallest absolute Gasteiger partial charge is 0.267 e. The molecule has 5 rings (SSSR count). The second-order valence-corrected chi connectivity index (χ2v) is 7.57. The van der Waals surface area contributed by atoms with Crippen molar-refractivity contribution < 1.29 is 19.1 Å². The maximum atomic E-state index is 13.6. The highest BCUT2D eigenvalue weighted by molar-refractivity contribution is 6.37. The summed E-state index contributed by atoms with van der Waals surface area (Å²) >= 11 is 0. The lowest BCUT2D eigenvalue weighted by atomic mass is 10.1. The third kappa shape index (κ3) is 2.76. The molecule has 0 N–H and O–H groups in total. The number of carbonyl (C=O) groups excluding carboxylic acids is 2. The Morgan fingerprint density at radius 1 is 0.938 bits per heavy atom. The summed E-state index contributed by atoms with van der Waals surface area (Å²) in [6, 6.07) is 12.8. The Balaban J connectivity index is 1.71. The molecule has 8 nitrogen and oxygen atoms in total. The van der Waals surface area contributed by atoms with Gasteiger partial charge in [0, 0.05) is 12.3 Å². The Labute approximate surface area is 184 Å². The van der Waals surface area contributed by atoms with E-state index in [0.717, 1.165) is 16.2 Å². The molecule has 160 valence electrons. The molecule has 1 aliphatic heterocycles. The number of hydrogen-bond donors (Lipinski definition) is 0. The number of aromatic nitrogens is 3. The highest BCUT2D eigenvalue weighted by Crippen LogP contribution is 2.39. The molecule has 32 heavy (non-hydrogen) atoms. The van der Waals surface area contributed by atoms with Crippen molar-refractivity contribution in [2.24, 2.45) is 0 Å². The zero-order valence-corrected chi connectivity index (χ0v) is 18.0. The van der Waals surface area contributed by atoms with Crippen LogP contribution in [0.25, 0.3) is 16.7 Å². The van der Waals surface area contributed by atoms with Crippen molar-refractivity contribution in [3.8, 4) is 17.2 Å². The number of imide groups is 1. The Morgan fingerprint density at radius 2 is 1.75 bits per heavy atom. The van der Waals surface area contributed by atoms with Crippen LogP contribution in [0.1, 0.15) is 32.0 Å². The molecular weight excluding hydrogens is 408 g/mol. The number of anilines is 1. The van der Waals surface area contributed by atoms with Crippen LogP contribution < -0.4 is 14.4 Å². The number of hydrogen-bond acceptors (Lipinski definition) is 6. The van der Waals surface area contributed by atoms with E-state index in [4.69, 9.17) is 9.47 Å². The number of nitrogens with zero attached hydrogens (tertiary/aromatic N) is 4. The molecule has 0 atom stereocenters. The molecule has 0 spiro atoms. The first-order chi connectivity index (χ1) is 15.4. The van der Waals surface area contributed by atoms with Gasteiger partial charge in [-0.2, -0.15) is 5.10 Å². The fourth-order valence-electron chi connectivity index (χ4n) is 4.09. The first kappa shape index (κ1) is 19.7. The fourth-order valence-corrected chi connectivity index (χ4v) is 4.09. The van der Waals surface area contributed by atoms with E-state index < -0.39 is 11.8 Å². The maximum absolute atomic E-state index is 13.6. The average molecular weight is 428 g/mol. The van der Waals surface area contributed by atoms with Crippen molar-refractivity contribution in [1.29, 1.82) is 0 Å². The van der Waals surface area contributed by atoms with Crippen molar-refractivity contribution in [3.63, 3.8) is 0 Å². The van der Waals surface area contributed by atoms with Crippen LogP contribution in [0.4, 0.5) is 5.69 Å². The number of rotatable bonds is 4. The maximum Gasteiger partial charge on any atom is 0.267 e. The number of carbonyl (C=O) groups is 2. The van der Waals surface area contributed by atoms with Crippen LogP contribution in [0.15, 0.2) is 48.7 Å². The predicted molar refractivity (Wildman–Crippen MR) is 119 cm³/mol. The Morgan fingerprint density at radius 3 is 2.47 bits per heavy atom. The Hall–Kier alpha value is -4.20. The number of methoxy groups -OCH3 is 2. The molecule has 2 aromatic carbocycles. The summed E-state index contributed by atoms with van der Waals surface area (Å²) < 4.78 is 12.4. The number of benzene rings is 2. The van der Waals surface area contributed by atoms with E-state index >= 15 is 0 Å². The fraction of sp³-hybridized carbons (Fsp3) is 0.167. The van der Waals surface area contributed by atoms with Crippen LogP contribution in [0.5, 0.6) is 11.5 Å². The van der Waals surface area contributed by atoms with Gasteiger partial charge >= 0.3 is 0 Å². The van der Waals surface area contributed by atoms with Gasteiger partial charge in [0.1, 0.15) is 11.5 Å². The third-order valence-electron chi connectivity index (χ3n) is 5.59. The lowest BCUT2D eigenvalue weighted by molar-refractivity contribution is 0.0925. The highest BCUT2D eigenvalue weighted by atomic mass is 16.5. The van der Waals surface area contributed by atoms with E-state index in [0.29, 0.717) is 39.5 Å². The average Bonchev–Trinajstić information content (AvgIpc) is 3.27. The molecule has 2 aromatic heterocycles. The molecular formula is C24H20N4O4. The molecule has 0 unspecified atom stereocenters. The van der Waals surface area contributed by atoms with Gasteiger partial charge in [-0.05, 0) is 43.7 Å². The summed E-state index contributed by atoms with van der Waals surface area (Å²) in [6.45, 7) is 3.80. The van der Waals surface area contributed by atoms with Gasteiger partial charge in [-0.25, -0.2) is 14.6 Å². The summed E-state index contributed by atoms with van der Waals surface area (Å²) in [4.78, 5) is 32.5. The van der Waals surface area contributed by atoms with Crippen molar-refractivity contribution in [3.05, 3.63) is 71.0 Å². The minimum Gasteiger partial charge on any atom is -0.497 e. The van der Waals surface area contributed by atoms with E-state index in [1.54, 1.807) is 22.9 Å². The van der Waals surface area contributed by atoms with Crippen molar-refractivity contribution >= 4 is 28.5 Å². The van der Waals surface area contributed by atoms with Gasteiger partial charge in [0.25, 0.3) is 11.8 Å². The molecule has 2 amide bonds. The number of pyridine rings is 1. The Bertz CT molecular complexity index is 1420. The van der Waals surface area contributed by atoms with Gasteiger partial charge in [0.15, 0.2) is 5.65 Å². The van der Waals surface area contributed by atoms with E-state index in [-0.39, 0.29) is 5.56 Å². The molecule has 1 aliphatic rings. The quantitative estimate of drug-likeness (QED) is 0.459. The first-order valence-electron chi connectivity index (χ1n) is 10.0. The summed E-state index contributed by atoms with van der Waals surface area (Å²) in [5, 5.41) is 5.19. The monoisotopic (exact) mass is 428 g/mol. The zero-order chi connectivity index (χ0) is 22.6. The molecule has 3 heterocycles. The second-order valence-electron chi connectivity index (χ2n) is 7.57. The summed E-state index contributed by atoms with van der Waals surface area (Å²) in [5.74, 6) is -0.0229. The first-order valence-corrected chi connectivity index (χ1v) is 10.0. The number of amides is 2. The molecule has 0 saturated carbocycles. The third-order valence-corrected chi connectivity index (χ3v) is 5.59. The van der Waals surface area contributed by atoms with Crippen molar-refractivity contribution in [2.45, 2.75) is 13.8 Å². The largest absolute Gasteiger partial charge is 0.497 e. The van der Waals surface area contributed by atoms with Gasteiger partial charge in [-0.1, -0.05) is 12.1 Å². The van der Waals surface area contributed by atoms with Crippen molar-refractivity contribution in [1.82, 2.24) is 14.8 Å². The van der Waals surface area contributed by atoms with Crippen LogP contribution in [-0.2, 0) is 0 Å². The molecule has 4 aromatic rings. The SMILES string of the molecule is COc1ccc(OC)c(N2C(=O)c3cnc4c(c(C)nn4-c4cccc(C)c4)c3C2=O)c1. The minimum atomic E-state index is -0.464. The Kier molecular flexibility index (Phi) is 4.44. The van der Waals surface area contributed by atoms with Crippen LogP contribution in [0.3, 0.4) is 0 Å². The summed E-state index contributed by atoms with van der Waals surface area (Å²) in [5.41, 5.74) is 3.89. The molecule has 0 fully saturated rings. The van der Waals surface area contributed by atoms with E-state index in [1.807, 2.05) is 38.1 Å². The lowest BCUT2D eigenvalue weighted by Crippen LogP contribution is -2.29. The van der Waals surface area contributed by atoms with Crippen LogP contribution >= 0.6 is 0 Å². The topological polar surface area (TPSA) is 86.6 Å². The number of fused-ring (bicyclic) bond motifs is 3. The molecule has 0 radical (unpaired) electrons. The normalized spacial score (nSPS) is 13.1. The van der Waals surface area contributed by atoms with Gasteiger partial charge in [0.2, 0.25) is 0 Å². The van der Waals surface area contributed by atoms with Crippen LogP contribution in [0, 0.1) is 13.8 Å². The predicted octanol–water partition coefficient (Wildman–Crippen LogP) is 3.86. The molecule has 0 aliphatic carbocycles. The van der Waals surface area contributed by atoms with Gasteiger partial charge < -0.3 is 9.47 Å². The van der Waals surface area contributed by atoms with E-state index in [1.165, 1.54) is 20.4 Å². The van der Waals surface area contributed by atoms with Gasteiger partial charge in [-0.3, -0.25) is 9.59 Å². The lowest BCUT2D eigenvalue weighted by Gasteiger charge is -2.18. The van der Waals surface area contributed by atoms with Crippen molar-refractivity contribution in [2.75, 3.05) is 19.1 Å². The zero-order valence-electron chi connectivity index (χ0n) is 18.0. The summed E-state index contributed by atoms with van der Waals surface area (Å²) in [6.07, 6.45) is 1.44. The minimum absolute atomic E-state index is 0.235. The van der Waals surface area contributed by atoms with E-state index in [9.17, 15) is 9.59 Å². The van der Waals surface area contributed by atoms with Crippen LogP contribution in [0.2, 0.25) is 0 Å². The molecule has 0 saturated heterocycles. The number of aryl methyl sites for hydroxylation is 2. The van der Waals surface area contributed by atoms with Gasteiger partial charge in [-0.15, -0.1) is 0 Å². The van der Waals surface area contributed by atoms with E-state index in [2.05, 4.69) is 10.1 Å².